The first kappa shape index (κ1) is 21.1. The lowest BCUT2D eigenvalue weighted by Crippen LogP contribution is -2.43. The van der Waals surface area contributed by atoms with Gasteiger partial charge in [0, 0.05) is 5.56 Å². The molecule has 0 unspecified atom stereocenters. The van der Waals surface area contributed by atoms with E-state index in [1.54, 1.807) is 81.8 Å². The number of aliphatic hydroxyl groups is 1. The molecule has 3 aromatic carbocycles. The van der Waals surface area contributed by atoms with E-state index in [0.29, 0.717) is 28.3 Å². The van der Waals surface area contributed by atoms with Crippen molar-refractivity contribution in [2.75, 3.05) is 14.2 Å². The van der Waals surface area contributed by atoms with E-state index < -0.39 is 11.5 Å². The van der Waals surface area contributed by atoms with Crippen LogP contribution in [0.3, 0.4) is 0 Å². The highest BCUT2D eigenvalue weighted by Gasteiger charge is 2.39. The van der Waals surface area contributed by atoms with Crippen LogP contribution in [0.2, 0.25) is 0 Å². The summed E-state index contributed by atoms with van der Waals surface area (Å²) in [4.78, 5) is 13.1. The molecule has 1 amide bonds. The topological polar surface area (TPSA) is 80.2 Å². The van der Waals surface area contributed by atoms with E-state index in [9.17, 15) is 9.90 Å². The monoisotopic (exact) mass is 404 g/mol. The Bertz CT molecular complexity index is 994. The molecule has 3 rings (SSSR count). The number of carbonyl (C=O) groups excluding carboxylic acids is 1. The molecule has 0 saturated carbocycles. The van der Waals surface area contributed by atoms with Crippen molar-refractivity contribution >= 4 is 11.6 Å². The molecule has 30 heavy (non-hydrogen) atoms. The number of rotatable bonds is 7. The molecule has 0 saturated heterocycles. The molecule has 0 atom stereocenters. The van der Waals surface area contributed by atoms with E-state index in [2.05, 4.69) is 10.5 Å². The molecule has 0 radical (unpaired) electrons. The van der Waals surface area contributed by atoms with Gasteiger partial charge < -0.3 is 14.6 Å². The van der Waals surface area contributed by atoms with Crippen LogP contribution in [0.4, 0.5) is 0 Å². The molecule has 6 nitrogen and oxygen atoms in total. The Kier molecular flexibility index (Phi) is 6.49. The highest BCUT2D eigenvalue weighted by Crippen LogP contribution is 2.30. The van der Waals surface area contributed by atoms with Gasteiger partial charge in [-0.1, -0.05) is 60.7 Å². The summed E-state index contributed by atoms with van der Waals surface area (Å²) in [6.45, 7) is 1.76. The summed E-state index contributed by atoms with van der Waals surface area (Å²) < 4.78 is 10.6. The average molecular weight is 404 g/mol. The van der Waals surface area contributed by atoms with Crippen LogP contribution in [0.1, 0.15) is 23.6 Å². The van der Waals surface area contributed by atoms with Crippen molar-refractivity contribution in [2.45, 2.75) is 12.5 Å². The molecular formula is C24H24N2O4. The minimum atomic E-state index is -1.89. The van der Waals surface area contributed by atoms with Gasteiger partial charge in [-0.2, -0.15) is 5.10 Å². The lowest BCUT2D eigenvalue weighted by molar-refractivity contribution is -0.136. The number of carbonyl (C=O) groups is 1. The minimum absolute atomic E-state index is 0.452. The van der Waals surface area contributed by atoms with Crippen LogP contribution in [0, 0.1) is 0 Å². The van der Waals surface area contributed by atoms with Crippen molar-refractivity contribution in [3.63, 3.8) is 0 Å². The summed E-state index contributed by atoms with van der Waals surface area (Å²) in [5.74, 6) is 0.501. The first-order valence-corrected chi connectivity index (χ1v) is 9.41. The molecule has 0 aliphatic heterocycles. The standard InChI is InChI=1S/C24H24N2O4/c1-17(18-14-15-21(29-2)22(16-18)30-3)25-26-23(27)24(28,19-10-6-4-7-11-19)20-12-8-5-9-13-20/h4-16,28H,1-3H3,(H,26,27)/b25-17-. The summed E-state index contributed by atoms with van der Waals surface area (Å²) >= 11 is 0. The number of nitrogens with zero attached hydrogens (tertiary/aromatic N) is 1. The number of nitrogens with one attached hydrogen (secondary N) is 1. The minimum Gasteiger partial charge on any atom is -0.493 e. The lowest BCUT2D eigenvalue weighted by atomic mass is 9.85. The molecule has 0 heterocycles. The van der Waals surface area contributed by atoms with Crippen LogP contribution in [-0.2, 0) is 10.4 Å². The molecule has 0 aromatic heterocycles. The first-order valence-electron chi connectivity index (χ1n) is 9.41. The Morgan fingerprint density at radius 2 is 1.40 bits per heavy atom. The summed E-state index contributed by atoms with van der Waals surface area (Å²) in [7, 11) is 3.11. The van der Waals surface area contributed by atoms with Crippen molar-refractivity contribution in [1.82, 2.24) is 5.43 Å². The van der Waals surface area contributed by atoms with Gasteiger partial charge in [0.1, 0.15) is 0 Å². The fourth-order valence-electron chi connectivity index (χ4n) is 3.13. The predicted molar refractivity (Wildman–Crippen MR) is 116 cm³/mol. The highest BCUT2D eigenvalue weighted by atomic mass is 16.5. The van der Waals surface area contributed by atoms with Crippen molar-refractivity contribution in [3.8, 4) is 11.5 Å². The number of hydrogen-bond donors (Lipinski definition) is 2. The van der Waals surface area contributed by atoms with E-state index in [1.807, 2.05) is 18.2 Å². The largest absolute Gasteiger partial charge is 0.493 e. The maximum atomic E-state index is 13.1. The fourth-order valence-corrected chi connectivity index (χ4v) is 3.13. The maximum Gasteiger partial charge on any atom is 0.281 e. The van der Waals surface area contributed by atoms with Crippen molar-refractivity contribution in [2.24, 2.45) is 5.10 Å². The molecule has 154 valence electrons. The second-order valence-electron chi connectivity index (χ2n) is 6.65. The zero-order valence-electron chi connectivity index (χ0n) is 17.1. The third-order valence-electron chi connectivity index (χ3n) is 4.84. The van der Waals surface area contributed by atoms with Crippen molar-refractivity contribution < 1.29 is 19.4 Å². The molecule has 0 fully saturated rings. The fraction of sp³-hybridized carbons (Fsp3) is 0.167. The van der Waals surface area contributed by atoms with Gasteiger partial charge in [-0.15, -0.1) is 0 Å². The quantitative estimate of drug-likeness (QED) is 0.467. The Morgan fingerprint density at radius 1 is 0.867 bits per heavy atom. The summed E-state index contributed by atoms with van der Waals surface area (Å²) in [5.41, 5.74) is 2.82. The van der Waals surface area contributed by atoms with Crippen LogP contribution < -0.4 is 14.9 Å². The summed E-state index contributed by atoms with van der Waals surface area (Å²) in [6, 6.07) is 22.9. The Hall–Kier alpha value is -3.64. The summed E-state index contributed by atoms with van der Waals surface area (Å²) in [6.07, 6.45) is 0. The SMILES string of the molecule is COc1ccc(/C(C)=N\NC(=O)C(O)(c2ccccc2)c2ccccc2)cc1OC. The number of ether oxygens (including phenoxy) is 2. The number of hydrogen-bond acceptors (Lipinski definition) is 5. The van der Waals surface area contributed by atoms with Gasteiger partial charge in [0.25, 0.3) is 5.91 Å². The van der Waals surface area contributed by atoms with Gasteiger partial charge in [0.15, 0.2) is 17.1 Å². The highest BCUT2D eigenvalue weighted by molar-refractivity contribution is 6.00. The molecule has 2 N–H and O–H groups in total. The number of methoxy groups -OCH3 is 2. The molecule has 0 spiro atoms. The van der Waals surface area contributed by atoms with E-state index in [4.69, 9.17) is 9.47 Å². The smallest absolute Gasteiger partial charge is 0.281 e. The predicted octanol–water partition coefficient (Wildman–Crippen LogP) is 3.48. The Balaban J connectivity index is 1.92. The van der Waals surface area contributed by atoms with E-state index in [1.165, 1.54) is 0 Å². The van der Waals surface area contributed by atoms with Gasteiger partial charge in [-0.05, 0) is 36.2 Å². The first-order chi connectivity index (χ1) is 14.5. The maximum absolute atomic E-state index is 13.1. The van der Waals surface area contributed by atoms with Gasteiger partial charge in [0.2, 0.25) is 0 Å². The lowest BCUT2D eigenvalue weighted by Gasteiger charge is -2.27. The van der Waals surface area contributed by atoms with Gasteiger partial charge in [-0.3, -0.25) is 4.79 Å². The Morgan fingerprint density at radius 3 is 1.90 bits per heavy atom. The zero-order chi connectivity index (χ0) is 21.6. The van der Waals surface area contributed by atoms with Crippen LogP contribution in [0.5, 0.6) is 11.5 Å². The van der Waals surface area contributed by atoms with Crippen LogP contribution in [0.25, 0.3) is 0 Å². The van der Waals surface area contributed by atoms with Crippen LogP contribution in [-0.4, -0.2) is 30.9 Å². The van der Waals surface area contributed by atoms with Crippen molar-refractivity contribution in [1.29, 1.82) is 0 Å². The van der Waals surface area contributed by atoms with E-state index in [-0.39, 0.29) is 0 Å². The van der Waals surface area contributed by atoms with Crippen LogP contribution in [0.15, 0.2) is 84.0 Å². The zero-order valence-corrected chi connectivity index (χ0v) is 17.1. The molecule has 0 aliphatic rings. The van der Waals surface area contributed by atoms with Gasteiger partial charge in [-0.25, -0.2) is 5.43 Å². The van der Waals surface area contributed by atoms with E-state index in [0.717, 1.165) is 5.56 Å². The molecule has 3 aromatic rings. The molecular weight excluding hydrogens is 380 g/mol. The number of hydrazone groups is 1. The molecule has 0 bridgehead atoms. The summed E-state index contributed by atoms with van der Waals surface area (Å²) in [5, 5.41) is 15.6. The Labute approximate surface area is 175 Å². The van der Waals surface area contributed by atoms with Gasteiger partial charge in [0.05, 0.1) is 19.9 Å². The van der Waals surface area contributed by atoms with Gasteiger partial charge >= 0.3 is 0 Å². The molecule has 0 aliphatic carbocycles. The third-order valence-corrected chi connectivity index (χ3v) is 4.84. The second kappa shape index (κ2) is 9.24. The number of amides is 1. The average Bonchev–Trinajstić information content (AvgIpc) is 2.82. The van der Waals surface area contributed by atoms with E-state index >= 15 is 0 Å². The normalized spacial score (nSPS) is 11.7. The van der Waals surface area contributed by atoms with Crippen LogP contribution >= 0.6 is 0 Å². The molecule has 6 heteroatoms. The second-order valence-corrected chi connectivity index (χ2v) is 6.65. The van der Waals surface area contributed by atoms with Crippen molar-refractivity contribution in [3.05, 3.63) is 95.6 Å². The number of benzene rings is 3. The third kappa shape index (κ3) is 4.18.